The van der Waals surface area contributed by atoms with Gasteiger partial charge >= 0.3 is 18.5 Å². The minimum absolute atomic E-state index is 0.0219. The summed E-state index contributed by atoms with van der Waals surface area (Å²) in [5.74, 6) is -2.17. The molecule has 1 unspecified atom stereocenters. The van der Waals surface area contributed by atoms with Gasteiger partial charge in [0.1, 0.15) is 46.8 Å². The van der Waals surface area contributed by atoms with Crippen molar-refractivity contribution in [2.75, 3.05) is 174 Å². The zero-order valence-electron chi connectivity index (χ0n) is 68.4. The van der Waals surface area contributed by atoms with Crippen molar-refractivity contribution < 1.29 is 91.5 Å². The molecule has 3 aliphatic heterocycles. The number of fused-ring (bicyclic) bond motifs is 3. The number of nitrogens with zero attached hydrogens (tertiary/aromatic N) is 18. The van der Waals surface area contributed by atoms with Gasteiger partial charge in [-0.25, -0.2) is 44.4 Å². The van der Waals surface area contributed by atoms with Crippen LogP contribution in [0, 0.1) is 13.8 Å². The molecule has 40 heteroatoms. The van der Waals surface area contributed by atoms with Gasteiger partial charge in [0.25, 0.3) is 42.0 Å². The summed E-state index contributed by atoms with van der Waals surface area (Å²) < 4.78 is 165. The van der Waals surface area contributed by atoms with E-state index in [2.05, 4.69) is 36.1 Å². The molecule has 3 amide bonds. The number of carbonyl (C=O) groups excluding carboxylic acids is 3. The lowest BCUT2D eigenvalue weighted by atomic mass is 10.0. The summed E-state index contributed by atoms with van der Waals surface area (Å²) in [4.78, 5) is 105. The van der Waals surface area contributed by atoms with Crippen LogP contribution >= 0.6 is 0 Å². The molecule has 3 fully saturated rings. The summed E-state index contributed by atoms with van der Waals surface area (Å²) in [7, 11) is 10.0. The van der Waals surface area contributed by atoms with Crippen LogP contribution in [0.4, 0.5) is 109 Å². The first kappa shape index (κ1) is 85.4. The van der Waals surface area contributed by atoms with Gasteiger partial charge in [0.05, 0.1) is 100 Å². The Morgan fingerprint density at radius 1 is 0.516 bits per heavy atom. The Morgan fingerprint density at radius 2 is 1.03 bits per heavy atom. The fourth-order valence-corrected chi connectivity index (χ4v) is 15.0. The highest BCUT2D eigenvalue weighted by molar-refractivity contribution is 6.08. The maximum absolute atomic E-state index is 15.3. The number of methoxy groups -OCH3 is 4. The molecule has 1 atom stereocenters. The lowest BCUT2D eigenvalue weighted by Crippen LogP contribution is -2.48. The minimum atomic E-state index is -4.91. The van der Waals surface area contributed by atoms with Crippen molar-refractivity contribution in [1.29, 1.82) is 0 Å². The average Bonchev–Trinajstić information content (AvgIpc) is 0.836. The number of amides is 3. The molecule has 9 heterocycles. The first-order chi connectivity index (χ1) is 59.4. The Hall–Kier alpha value is -13.6. The number of benzene rings is 6. The molecule has 6 aromatic heterocycles. The summed E-state index contributed by atoms with van der Waals surface area (Å²) in [6, 6.07) is 21.8. The number of hydrogen-bond acceptors (Lipinski definition) is 26. The van der Waals surface area contributed by atoms with Crippen LogP contribution in [0.15, 0.2) is 141 Å². The second kappa shape index (κ2) is 35.5. The monoisotopic (exact) mass is 1710 g/mol. The van der Waals surface area contributed by atoms with Crippen LogP contribution in [0.5, 0.6) is 17.2 Å². The molecule has 15 rings (SSSR count). The molecule has 0 bridgehead atoms. The number of piperazine rings is 1. The second-order valence-corrected chi connectivity index (χ2v) is 29.5. The number of carbonyl (C=O) groups is 3. The van der Waals surface area contributed by atoms with Gasteiger partial charge in [0.2, 0.25) is 17.8 Å². The van der Waals surface area contributed by atoms with Gasteiger partial charge in [-0.15, -0.1) is 0 Å². The number of nitrogens with one attached hydrogen (secondary N) is 4. The van der Waals surface area contributed by atoms with Crippen molar-refractivity contribution in [1.82, 2.24) is 54.7 Å². The molecule has 0 saturated carbocycles. The van der Waals surface area contributed by atoms with Crippen molar-refractivity contribution in [2.45, 2.75) is 51.4 Å². The average molecular weight is 1720 g/mol. The number of aromatic nitrogens is 12. The molecule has 124 heavy (non-hydrogen) atoms. The molecule has 12 aromatic rings. The number of ether oxygens (including phenoxy) is 6. The van der Waals surface area contributed by atoms with Crippen LogP contribution in [-0.2, 0) is 39.3 Å². The number of alkyl halides is 9. The first-order valence-electron chi connectivity index (χ1n) is 39.0. The van der Waals surface area contributed by atoms with Gasteiger partial charge in [0.15, 0.2) is 27.9 Å². The lowest BCUT2D eigenvalue weighted by molar-refractivity contribution is -0.665. The maximum Gasteiger partial charge on any atom is 0.420 e. The van der Waals surface area contributed by atoms with Gasteiger partial charge in [-0.1, -0.05) is 12.1 Å². The van der Waals surface area contributed by atoms with E-state index in [4.69, 9.17) is 68.3 Å². The number of morpholine rings is 1. The highest BCUT2D eigenvalue weighted by Gasteiger charge is 2.39. The first-order valence-corrected chi connectivity index (χ1v) is 39.0. The number of aryl methyl sites for hydroxylation is 1. The minimum Gasteiger partial charge on any atom is -0.496 e. The predicted molar refractivity (Wildman–Crippen MR) is 441 cm³/mol. The summed E-state index contributed by atoms with van der Waals surface area (Å²) in [6.07, 6.45) is -4.82. The van der Waals surface area contributed by atoms with Gasteiger partial charge < -0.3 is 74.2 Å². The van der Waals surface area contributed by atoms with Gasteiger partial charge in [0, 0.05) is 131 Å². The molecular formula is C84H83F9N22O9+2. The summed E-state index contributed by atoms with van der Waals surface area (Å²) in [5, 5.41) is 11.3. The third kappa shape index (κ3) is 18.0. The fraction of sp³-hybridized carbons (Fsp3) is 0.321. The highest BCUT2D eigenvalue weighted by atomic mass is 19.4. The van der Waals surface area contributed by atoms with Gasteiger partial charge in [-0.3, -0.25) is 19.3 Å². The third-order valence-electron chi connectivity index (χ3n) is 21.7. The van der Waals surface area contributed by atoms with Crippen molar-refractivity contribution in [3.8, 4) is 22.9 Å². The zero-order valence-corrected chi connectivity index (χ0v) is 68.4. The van der Waals surface area contributed by atoms with Gasteiger partial charge in [-0.05, 0) is 127 Å². The van der Waals surface area contributed by atoms with E-state index in [9.17, 15) is 49.1 Å². The Kier molecular flexibility index (Phi) is 24.4. The fourth-order valence-electron chi connectivity index (χ4n) is 15.0. The van der Waals surface area contributed by atoms with Crippen molar-refractivity contribution in [2.24, 2.45) is 0 Å². The quantitative estimate of drug-likeness (QED) is 0.0305. The highest BCUT2D eigenvalue weighted by Crippen LogP contribution is 2.43. The van der Waals surface area contributed by atoms with Crippen molar-refractivity contribution in [3.63, 3.8) is 0 Å². The Bertz CT molecular complexity index is 6070. The molecule has 0 radical (unpaired) electrons. The lowest BCUT2D eigenvalue weighted by Gasteiger charge is -2.34. The van der Waals surface area contributed by atoms with Crippen molar-refractivity contribution >= 4 is 120 Å². The standard InChI is InChI=1S/C84H81F9N22O9/c1-47-10-11-49(76(116)101-53-14-17-67(120-7)57(36-53)82(85,86)87)32-61(47)108(3)75-72-66(41-96-81(107-72)112-23-21-111(22-24-112)25-29-119-6)115(46-100-75)63-35-52(78(118)103-55-16-19-69(122-9)59(38-55)84(91,92)93)34-62(48(63)2)109(4)74-71-65(40-94-79(105-71)104-56-20-28-124-43-56)114(45-99-74)42-51-13-12-50(77(117)102-54-15-18-68(121-8)58(37-54)83(88,89)90)33-64(51)110(5)73-70-60(97-44-98-73)39-95-80(106-70)113-26-30-123-31-27-113/h10-19,32-41,44-46,56H,20-31,42-43H2,1-9H3,(H2-2,94,101,102,103,104,105,116,117,118)/p+2. The molecular weight excluding hydrogens is 1630 g/mol. The van der Waals surface area contributed by atoms with Crippen LogP contribution < -0.4 is 69.1 Å². The van der Waals surface area contributed by atoms with E-state index in [0.717, 1.165) is 57.7 Å². The predicted octanol–water partition coefficient (Wildman–Crippen LogP) is 12.3. The van der Waals surface area contributed by atoms with E-state index in [1.54, 1.807) is 109 Å². The van der Waals surface area contributed by atoms with Gasteiger partial charge in [-0.2, -0.15) is 44.1 Å². The van der Waals surface area contributed by atoms with Crippen LogP contribution in [-0.4, -0.2) is 207 Å². The SMILES string of the molecule is COCCN1CCN(c2ncc3c(n2)c(N(C)c2cc(C(=O)Nc4ccc(OC)c(C(F)(F)F)c4)ccc2C)nc[n+]3-c2cc(C(=O)Nc3ccc(OC)c(C(F)(F)F)c3)cc(N(C)c3nc[n+](Cc4ccc(C(=O)Nc5ccc(OC)c(C(F)(F)F)c5)cc4N(C)c4ncnc5cnc(N6CCOCC6)nc45)c4cnc(NC5CCOC5)nc34)c2C)CC1. The number of halogens is 9. The molecule has 644 valence electrons. The van der Waals surface area contributed by atoms with E-state index >= 15 is 4.79 Å². The van der Waals surface area contributed by atoms with E-state index in [0.29, 0.717) is 147 Å². The second-order valence-electron chi connectivity index (χ2n) is 29.5. The van der Waals surface area contributed by atoms with E-state index in [1.165, 1.54) is 61.4 Å². The largest absolute Gasteiger partial charge is 0.496 e. The third-order valence-corrected chi connectivity index (χ3v) is 21.7. The topological polar surface area (TPSA) is 311 Å². The Balaban J connectivity index is 0.868. The molecule has 0 aliphatic carbocycles. The van der Waals surface area contributed by atoms with Crippen molar-refractivity contribution in [3.05, 3.63) is 191 Å². The molecule has 3 saturated heterocycles. The summed E-state index contributed by atoms with van der Waals surface area (Å²) in [5.41, 5.74) is 0.924. The van der Waals surface area contributed by atoms with Crippen LogP contribution in [0.25, 0.3) is 38.8 Å². The summed E-state index contributed by atoms with van der Waals surface area (Å²) in [6.45, 7) is 9.68. The summed E-state index contributed by atoms with van der Waals surface area (Å²) >= 11 is 0. The normalized spacial score (nSPS) is 14.7. The van der Waals surface area contributed by atoms with E-state index in [-0.39, 0.29) is 92.1 Å². The number of anilines is 12. The Labute approximate surface area is 702 Å². The molecule has 3 aliphatic rings. The van der Waals surface area contributed by atoms with E-state index in [1.807, 2.05) is 9.80 Å². The number of hydrogen-bond donors (Lipinski definition) is 4. The molecule has 6 aromatic carbocycles. The number of rotatable bonds is 25. The van der Waals surface area contributed by atoms with Crippen LogP contribution in [0.1, 0.15) is 70.9 Å². The molecule has 31 nitrogen and oxygen atoms in total. The van der Waals surface area contributed by atoms with E-state index < -0.39 is 70.2 Å². The smallest absolute Gasteiger partial charge is 0.420 e. The zero-order chi connectivity index (χ0) is 87.6. The molecule has 4 N–H and O–H groups in total. The Morgan fingerprint density at radius 3 is 1.61 bits per heavy atom. The van der Waals surface area contributed by atoms with Crippen LogP contribution in [0.3, 0.4) is 0 Å². The van der Waals surface area contributed by atoms with Crippen LogP contribution in [0.2, 0.25) is 0 Å². The molecule has 0 spiro atoms. The maximum atomic E-state index is 15.3.